The third-order valence-corrected chi connectivity index (χ3v) is 2.62. The van der Waals surface area contributed by atoms with Crippen molar-refractivity contribution >= 4 is 6.08 Å². The molecule has 13 heavy (non-hydrogen) atoms. The predicted octanol–water partition coefficient (Wildman–Crippen LogP) is 2.44. The minimum absolute atomic E-state index is 0.417. The molecular weight excluding hydrogens is 158 g/mol. The van der Waals surface area contributed by atoms with Gasteiger partial charge in [0, 0.05) is 6.04 Å². The first-order chi connectivity index (χ1) is 6.27. The molecule has 1 heteroatoms. The van der Waals surface area contributed by atoms with Gasteiger partial charge in [0.25, 0.3) is 0 Å². The molecule has 2 N–H and O–H groups in total. The summed E-state index contributed by atoms with van der Waals surface area (Å²) in [5, 5.41) is 0. The summed E-state index contributed by atoms with van der Waals surface area (Å²) in [4.78, 5) is 0. The van der Waals surface area contributed by atoms with Crippen LogP contribution in [0.2, 0.25) is 0 Å². The molecule has 0 unspecified atom stereocenters. The van der Waals surface area contributed by atoms with E-state index in [4.69, 9.17) is 5.73 Å². The Morgan fingerprint density at radius 3 is 2.54 bits per heavy atom. The molecule has 1 aliphatic carbocycles. The Morgan fingerprint density at radius 2 is 2.00 bits per heavy atom. The number of hydrogen-bond donors (Lipinski definition) is 1. The third kappa shape index (κ3) is 1.99. The molecule has 1 saturated carbocycles. The van der Waals surface area contributed by atoms with Crippen molar-refractivity contribution in [3.63, 3.8) is 0 Å². The van der Waals surface area contributed by atoms with Crippen LogP contribution in [0.15, 0.2) is 35.9 Å². The lowest BCUT2D eigenvalue weighted by Gasteiger charge is -1.98. The highest BCUT2D eigenvalue weighted by atomic mass is 14.7. The average Bonchev–Trinajstić information content (AvgIpc) is 2.84. The van der Waals surface area contributed by atoms with Gasteiger partial charge in [0.1, 0.15) is 0 Å². The molecule has 1 aromatic carbocycles. The minimum Gasteiger partial charge on any atom is -0.327 e. The van der Waals surface area contributed by atoms with E-state index in [1.54, 1.807) is 0 Å². The molecule has 68 valence electrons. The van der Waals surface area contributed by atoms with Crippen LogP contribution in [-0.4, -0.2) is 6.04 Å². The van der Waals surface area contributed by atoms with Crippen molar-refractivity contribution in [3.8, 4) is 0 Å². The van der Waals surface area contributed by atoms with Crippen LogP contribution in [-0.2, 0) is 0 Å². The van der Waals surface area contributed by atoms with Gasteiger partial charge >= 0.3 is 0 Å². The van der Waals surface area contributed by atoms with Gasteiger partial charge < -0.3 is 5.73 Å². The lowest BCUT2D eigenvalue weighted by molar-refractivity contribution is 0.924. The van der Waals surface area contributed by atoms with Crippen molar-refractivity contribution in [1.82, 2.24) is 0 Å². The Kier molecular flexibility index (Phi) is 2.19. The smallest absolute Gasteiger partial charge is 0.0111 e. The van der Waals surface area contributed by atoms with E-state index in [9.17, 15) is 0 Å². The monoisotopic (exact) mass is 173 g/mol. The van der Waals surface area contributed by atoms with Crippen molar-refractivity contribution in [3.05, 3.63) is 41.5 Å². The maximum Gasteiger partial charge on any atom is 0.0111 e. The lowest BCUT2D eigenvalue weighted by atomic mass is 10.1. The topological polar surface area (TPSA) is 26.0 Å². The van der Waals surface area contributed by atoms with Gasteiger partial charge in [-0.3, -0.25) is 0 Å². The number of rotatable bonds is 2. The summed E-state index contributed by atoms with van der Waals surface area (Å²) in [5.41, 5.74) is 8.47. The summed E-state index contributed by atoms with van der Waals surface area (Å²) in [6, 6.07) is 10.8. The summed E-state index contributed by atoms with van der Waals surface area (Å²) < 4.78 is 0. The Labute approximate surface area is 79.3 Å². The van der Waals surface area contributed by atoms with Gasteiger partial charge in [-0.25, -0.2) is 0 Å². The molecule has 0 aromatic heterocycles. The second kappa shape index (κ2) is 3.35. The maximum absolute atomic E-state index is 5.78. The van der Waals surface area contributed by atoms with Gasteiger partial charge in [-0.1, -0.05) is 42.0 Å². The molecule has 0 radical (unpaired) electrons. The molecule has 0 saturated heterocycles. The Bertz CT molecular complexity index is 313. The first-order valence-corrected chi connectivity index (χ1v) is 4.76. The largest absolute Gasteiger partial charge is 0.327 e. The second-order valence-corrected chi connectivity index (χ2v) is 3.81. The van der Waals surface area contributed by atoms with Gasteiger partial charge in [0.2, 0.25) is 0 Å². The third-order valence-electron chi connectivity index (χ3n) is 2.62. The van der Waals surface area contributed by atoms with Crippen LogP contribution in [0.4, 0.5) is 0 Å². The molecular formula is C12H15N. The fourth-order valence-electron chi connectivity index (χ4n) is 1.66. The van der Waals surface area contributed by atoms with Crippen molar-refractivity contribution in [2.24, 2.45) is 11.7 Å². The van der Waals surface area contributed by atoms with E-state index in [2.05, 4.69) is 37.3 Å². The average molecular weight is 173 g/mol. The van der Waals surface area contributed by atoms with Gasteiger partial charge in [0.05, 0.1) is 0 Å². The van der Waals surface area contributed by atoms with Gasteiger partial charge in [-0.05, 0) is 24.8 Å². The first kappa shape index (κ1) is 8.52. The van der Waals surface area contributed by atoms with Crippen LogP contribution in [0.25, 0.3) is 6.08 Å². The lowest BCUT2D eigenvalue weighted by Crippen LogP contribution is -2.02. The molecule has 0 amide bonds. The zero-order valence-corrected chi connectivity index (χ0v) is 7.90. The van der Waals surface area contributed by atoms with Crippen LogP contribution in [0.3, 0.4) is 0 Å². The molecule has 0 bridgehead atoms. The summed E-state index contributed by atoms with van der Waals surface area (Å²) in [6.07, 6.45) is 3.40. The zero-order valence-electron chi connectivity index (χ0n) is 7.90. The van der Waals surface area contributed by atoms with Gasteiger partial charge in [0.15, 0.2) is 0 Å². The van der Waals surface area contributed by atoms with E-state index < -0.39 is 0 Å². The highest BCUT2D eigenvalue weighted by Gasteiger charge is 2.34. The van der Waals surface area contributed by atoms with Crippen molar-refractivity contribution in [1.29, 1.82) is 0 Å². The predicted molar refractivity (Wildman–Crippen MR) is 56.2 cm³/mol. The van der Waals surface area contributed by atoms with Crippen LogP contribution in [0.5, 0.6) is 0 Å². The Hall–Kier alpha value is -1.08. The van der Waals surface area contributed by atoms with E-state index in [1.807, 2.05) is 6.07 Å². The SMILES string of the molecule is CC(=Cc1ccccc1)[C@@H]1C[C@H]1N. The van der Waals surface area contributed by atoms with E-state index in [1.165, 1.54) is 11.1 Å². The molecule has 1 fully saturated rings. The van der Waals surface area contributed by atoms with E-state index >= 15 is 0 Å². The van der Waals surface area contributed by atoms with Crippen molar-refractivity contribution in [2.75, 3.05) is 0 Å². The Balaban J connectivity index is 2.12. The molecule has 2 atom stereocenters. The quantitative estimate of drug-likeness (QED) is 0.730. The molecule has 1 aliphatic rings. The van der Waals surface area contributed by atoms with E-state index in [0.29, 0.717) is 12.0 Å². The van der Waals surface area contributed by atoms with Crippen LogP contribution >= 0.6 is 0 Å². The molecule has 0 spiro atoms. The van der Waals surface area contributed by atoms with Crippen LogP contribution in [0.1, 0.15) is 18.9 Å². The van der Waals surface area contributed by atoms with Crippen LogP contribution < -0.4 is 5.73 Å². The van der Waals surface area contributed by atoms with Gasteiger partial charge in [-0.2, -0.15) is 0 Å². The standard InChI is InChI=1S/C12H15N/c1-9(11-8-12(11)13)7-10-5-3-2-4-6-10/h2-7,11-12H,8,13H2,1H3/t11-,12+/m0/s1. The molecule has 0 heterocycles. The summed E-state index contributed by atoms with van der Waals surface area (Å²) in [6.45, 7) is 2.17. The van der Waals surface area contributed by atoms with Gasteiger partial charge in [-0.15, -0.1) is 0 Å². The van der Waals surface area contributed by atoms with Crippen molar-refractivity contribution in [2.45, 2.75) is 19.4 Å². The van der Waals surface area contributed by atoms with Crippen molar-refractivity contribution < 1.29 is 0 Å². The summed E-state index contributed by atoms with van der Waals surface area (Å²) >= 11 is 0. The summed E-state index contributed by atoms with van der Waals surface area (Å²) in [7, 11) is 0. The first-order valence-electron chi connectivity index (χ1n) is 4.76. The summed E-state index contributed by atoms with van der Waals surface area (Å²) in [5.74, 6) is 0.639. The Morgan fingerprint density at radius 1 is 1.38 bits per heavy atom. The van der Waals surface area contributed by atoms with E-state index in [-0.39, 0.29) is 0 Å². The highest BCUT2D eigenvalue weighted by molar-refractivity contribution is 5.53. The molecule has 1 nitrogen and oxygen atoms in total. The maximum atomic E-state index is 5.78. The molecule has 2 rings (SSSR count). The van der Waals surface area contributed by atoms with E-state index in [0.717, 1.165) is 6.42 Å². The fourth-order valence-corrected chi connectivity index (χ4v) is 1.66. The van der Waals surface area contributed by atoms with Crippen LogP contribution in [0, 0.1) is 5.92 Å². The second-order valence-electron chi connectivity index (χ2n) is 3.81. The molecule has 1 aromatic rings. The number of hydrogen-bond acceptors (Lipinski definition) is 1. The highest BCUT2D eigenvalue weighted by Crippen LogP contribution is 2.35. The minimum atomic E-state index is 0.417. The number of nitrogens with two attached hydrogens (primary N) is 1. The molecule has 0 aliphatic heterocycles. The fraction of sp³-hybridized carbons (Fsp3) is 0.333. The normalized spacial score (nSPS) is 27.4. The zero-order chi connectivity index (χ0) is 9.26. The number of benzene rings is 1.